The first kappa shape index (κ1) is 98.2. The van der Waals surface area contributed by atoms with Gasteiger partial charge in [-0.05, 0) is 167 Å². The van der Waals surface area contributed by atoms with Crippen molar-refractivity contribution in [2.45, 2.75) is 290 Å². The van der Waals surface area contributed by atoms with Crippen LogP contribution in [0.4, 0.5) is 0 Å². The van der Waals surface area contributed by atoms with Gasteiger partial charge < -0.3 is 33.8 Å². The van der Waals surface area contributed by atoms with Gasteiger partial charge in [0.15, 0.2) is 12.2 Å². The van der Waals surface area contributed by atoms with Gasteiger partial charge in [-0.15, -0.1) is 0 Å². The molecule has 0 spiro atoms. The number of phosphoric ester groups is 2. The van der Waals surface area contributed by atoms with Gasteiger partial charge in [0.25, 0.3) is 0 Å². The van der Waals surface area contributed by atoms with E-state index >= 15 is 0 Å². The third kappa shape index (κ3) is 74.4. The fourth-order valence-corrected chi connectivity index (χ4v) is 11.1. The summed E-state index contributed by atoms with van der Waals surface area (Å²) in [4.78, 5) is 73.0. The molecule has 0 heterocycles. The zero-order chi connectivity index (χ0) is 76.0. The molecule has 0 aliphatic heterocycles. The predicted molar refractivity (Wildman–Crippen MR) is 426 cm³/mol. The van der Waals surface area contributed by atoms with Crippen molar-refractivity contribution in [2.24, 2.45) is 0 Å². The summed E-state index contributed by atoms with van der Waals surface area (Å²) < 4.78 is 68.4. The number of unbranched alkanes of at least 4 members (excludes halogenated alkanes) is 15. The molecule has 0 saturated heterocycles. The topological polar surface area (TPSA) is 237 Å². The second-order valence-electron chi connectivity index (χ2n) is 25.1. The minimum Gasteiger partial charge on any atom is -0.462 e. The Morgan fingerprint density at radius 3 is 0.817 bits per heavy atom. The van der Waals surface area contributed by atoms with Gasteiger partial charge in [-0.2, -0.15) is 0 Å². The minimum absolute atomic E-state index is 0.00104. The number of rotatable bonds is 71. The van der Waals surface area contributed by atoms with Crippen LogP contribution in [-0.4, -0.2) is 96.7 Å². The number of aliphatic hydroxyl groups is 1. The van der Waals surface area contributed by atoms with Crippen LogP contribution in [0.25, 0.3) is 0 Å². The van der Waals surface area contributed by atoms with Crippen LogP contribution in [0.15, 0.2) is 182 Å². The van der Waals surface area contributed by atoms with Crippen LogP contribution in [0.5, 0.6) is 0 Å². The fourth-order valence-electron chi connectivity index (χ4n) is 9.51. The lowest BCUT2D eigenvalue weighted by molar-refractivity contribution is -0.161. The summed E-state index contributed by atoms with van der Waals surface area (Å²) in [6.45, 7) is 4.30. The van der Waals surface area contributed by atoms with Gasteiger partial charge in [0, 0.05) is 25.7 Å². The van der Waals surface area contributed by atoms with Gasteiger partial charge in [0.05, 0.1) is 26.4 Å². The summed E-state index contributed by atoms with van der Waals surface area (Å²) in [7, 11) is -10.0. The number of esters is 4. The van der Waals surface area contributed by atoms with Crippen molar-refractivity contribution in [3.8, 4) is 0 Å². The highest BCUT2D eigenvalue weighted by Gasteiger charge is 2.30. The predicted octanol–water partition coefficient (Wildman–Crippen LogP) is 22.8. The number of hydrogen-bond donors (Lipinski definition) is 3. The van der Waals surface area contributed by atoms with Crippen LogP contribution >= 0.6 is 15.6 Å². The SMILES string of the molecule is CC/C=C\C/C=C\C/C=C\C/C=C\C/C=C\CCCCCC(=O)OCC(COP(=O)(O)OCC(O)COP(=O)(O)OCC(COC(=O)CCCCCCC/C=C\C/C=C\C/C=C\CC)OC(=O)CCCCCCC/C=C\C/C=C\CCC)OC(=O)CCC/C=C\C/C=C\C/C=C\C/C=C\C/C=C\CC. The molecule has 0 aromatic carbocycles. The molecule has 5 unspecified atom stereocenters. The van der Waals surface area contributed by atoms with Crippen LogP contribution < -0.4 is 0 Å². The zero-order valence-corrected chi connectivity index (χ0v) is 65.9. The molecule has 104 heavy (non-hydrogen) atoms. The van der Waals surface area contributed by atoms with E-state index in [-0.39, 0.29) is 25.7 Å². The van der Waals surface area contributed by atoms with E-state index in [1.165, 1.54) is 0 Å². The summed E-state index contributed by atoms with van der Waals surface area (Å²) in [5.74, 6) is -2.33. The van der Waals surface area contributed by atoms with Gasteiger partial charge in [0.1, 0.15) is 19.3 Å². The van der Waals surface area contributed by atoms with Crippen LogP contribution in [0.1, 0.15) is 272 Å². The maximum absolute atomic E-state index is 13.1. The van der Waals surface area contributed by atoms with E-state index in [1.54, 1.807) is 0 Å². The van der Waals surface area contributed by atoms with E-state index < -0.39 is 97.5 Å². The molecule has 19 heteroatoms. The average molecular weight is 1490 g/mol. The van der Waals surface area contributed by atoms with E-state index in [4.69, 9.17) is 37.0 Å². The van der Waals surface area contributed by atoms with Gasteiger partial charge in [-0.25, -0.2) is 9.13 Å². The van der Waals surface area contributed by atoms with E-state index in [2.05, 4.69) is 198 Å². The molecule has 0 radical (unpaired) electrons. The standard InChI is InChI=1S/C85H136O17P2/c1-5-9-13-17-21-25-29-33-36-38-39-41-43-47-50-54-58-62-66-70-83(88)96-76-81(102-85(90)72-68-64-60-56-52-48-44-40-37-34-30-26-22-18-14-10-6-2)78-100-104(93,94)98-74-79(86)73-97-103(91,92)99-77-80(101-84(89)71-67-63-59-55-51-45-32-28-24-20-16-12-8-4)75-95-82(87)69-65-61-57-53-49-46-42-35-31-27-23-19-15-11-7-3/h9-11,13-16,20-23,25-28,32-37,39,41-42,44,47-48,50,56,60,79-81,86H,5-8,12,17-19,24,29-31,38,40,43,45-46,49,51-55,57-59,61-78H2,1-4H3,(H,91,92)(H,93,94)/b13-9-,14-10-,15-11-,20-16-,25-21-,26-22-,27-23-,32-28-,36-33-,37-34-,41-39-,42-35-,48-44-,50-47-,60-56-. The van der Waals surface area contributed by atoms with Crippen LogP contribution in [0.2, 0.25) is 0 Å². The molecular weight excluding hydrogens is 1350 g/mol. The number of aliphatic hydroxyl groups excluding tert-OH is 1. The molecular formula is C85H136O17P2. The third-order valence-electron chi connectivity index (χ3n) is 15.3. The fraction of sp³-hybridized carbons (Fsp3) is 0.600. The average Bonchev–Trinajstić information content (AvgIpc) is 0.911. The van der Waals surface area contributed by atoms with Crippen molar-refractivity contribution >= 4 is 39.5 Å². The molecule has 3 N–H and O–H groups in total. The molecule has 0 amide bonds. The summed E-state index contributed by atoms with van der Waals surface area (Å²) in [6.07, 6.45) is 90.3. The van der Waals surface area contributed by atoms with Crippen molar-refractivity contribution in [3.05, 3.63) is 182 Å². The summed E-state index contributed by atoms with van der Waals surface area (Å²) in [5, 5.41) is 10.6. The van der Waals surface area contributed by atoms with Crippen molar-refractivity contribution in [1.29, 1.82) is 0 Å². The number of phosphoric acid groups is 2. The van der Waals surface area contributed by atoms with Gasteiger partial charge in [0.2, 0.25) is 0 Å². The lowest BCUT2D eigenvalue weighted by atomic mass is 10.1. The quantitative estimate of drug-likeness (QED) is 0.0169. The van der Waals surface area contributed by atoms with Gasteiger partial charge in [-0.1, -0.05) is 261 Å². The van der Waals surface area contributed by atoms with Crippen molar-refractivity contribution in [3.63, 3.8) is 0 Å². The maximum Gasteiger partial charge on any atom is 0.472 e. The normalized spacial score (nSPS) is 14.9. The second-order valence-corrected chi connectivity index (χ2v) is 28.1. The van der Waals surface area contributed by atoms with E-state index in [0.29, 0.717) is 32.1 Å². The Bertz CT molecular complexity index is 2690. The first-order chi connectivity index (χ1) is 50.7. The first-order valence-corrected chi connectivity index (χ1v) is 42.0. The number of carbonyl (C=O) groups is 4. The summed E-state index contributed by atoms with van der Waals surface area (Å²) in [5.41, 5.74) is 0. The summed E-state index contributed by atoms with van der Waals surface area (Å²) >= 11 is 0. The second kappa shape index (κ2) is 75.4. The Hall–Kier alpha value is -5.84. The number of ether oxygens (including phenoxy) is 4. The Morgan fingerprint density at radius 2 is 0.510 bits per heavy atom. The Kier molecular flexibility index (Phi) is 71.2. The lowest BCUT2D eigenvalue weighted by Crippen LogP contribution is -2.30. The smallest absolute Gasteiger partial charge is 0.462 e. The molecule has 0 aliphatic rings. The van der Waals surface area contributed by atoms with Crippen LogP contribution in [-0.2, 0) is 65.4 Å². The number of allylic oxidation sites excluding steroid dienone is 30. The molecule has 5 atom stereocenters. The highest BCUT2D eigenvalue weighted by Crippen LogP contribution is 2.45. The largest absolute Gasteiger partial charge is 0.472 e. The Balaban J connectivity index is 5.49. The maximum atomic E-state index is 13.1. The Labute approximate surface area is 628 Å². The molecule has 0 aliphatic carbocycles. The van der Waals surface area contributed by atoms with E-state index in [0.717, 1.165) is 186 Å². The van der Waals surface area contributed by atoms with Crippen molar-refractivity contribution in [1.82, 2.24) is 0 Å². The van der Waals surface area contributed by atoms with Crippen molar-refractivity contribution in [2.75, 3.05) is 39.6 Å². The van der Waals surface area contributed by atoms with Crippen molar-refractivity contribution < 1.29 is 80.2 Å². The minimum atomic E-state index is -5.01. The molecule has 0 bridgehead atoms. The van der Waals surface area contributed by atoms with Crippen LogP contribution in [0.3, 0.4) is 0 Å². The molecule has 0 fully saturated rings. The highest BCUT2D eigenvalue weighted by atomic mass is 31.2. The number of hydrogen-bond acceptors (Lipinski definition) is 15. The highest BCUT2D eigenvalue weighted by molar-refractivity contribution is 7.47. The third-order valence-corrected chi connectivity index (χ3v) is 17.2. The number of carbonyl (C=O) groups excluding carboxylic acids is 4. The molecule has 0 aromatic heterocycles. The molecule has 17 nitrogen and oxygen atoms in total. The van der Waals surface area contributed by atoms with Gasteiger partial charge in [-0.3, -0.25) is 37.3 Å². The summed E-state index contributed by atoms with van der Waals surface area (Å²) in [6, 6.07) is 0. The monoisotopic (exact) mass is 1490 g/mol. The van der Waals surface area contributed by atoms with Gasteiger partial charge >= 0.3 is 39.5 Å². The molecule has 588 valence electrons. The zero-order valence-electron chi connectivity index (χ0n) is 64.1. The molecule has 0 rings (SSSR count). The van der Waals surface area contributed by atoms with E-state index in [9.17, 15) is 43.2 Å². The molecule has 0 aromatic rings. The first-order valence-electron chi connectivity index (χ1n) is 39.0. The van der Waals surface area contributed by atoms with E-state index in [1.807, 2.05) is 12.2 Å². The molecule has 0 saturated carbocycles. The van der Waals surface area contributed by atoms with Crippen LogP contribution in [0, 0.1) is 0 Å². The lowest BCUT2D eigenvalue weighted by Gasteiger charge is -2.21. The Morgan fingerprint density at radius 1 is 0.279 bits per heavy atom.